The first-order chi connectivity index (χ1) is 3.70. The standard InChI is InChI=1S/C5H4OS2/c1-3-2-4(7)6-5(3)8/h1-2H2. The SMILES string of the molecule is C=C1CC(=S)OC1=S. The van der Waals surface area contributed by atoms with Crippen LogP contribution in [0.2, 0.25) is 0 Å². The van der Waals surface area contributed by atoms with E-state index < -0.39 is 0 Å². The predicted molar refractivity (Wildman–Crippen MR) is 40.0 cm³/mol. The Hall–Kier alpha value is -0.280. The topological polar surface area (TPSA) is 9.23 Å². The van der Waals surface area contributed by atoms with Crippen molar-refractivity contribution < 1.29 is 4.74 Å². The molecule has 0 atom stereocenters. The van der Waals surface area contributed by atoms with Gasteiger partial charge in [0.15, 0.2) is 10.1 Å². The van der Waals surface area contributed by atoms with Crippen LogP contribution in [0.25, 0.3) is 0 Å². The molecule has 0 unspecified atom stereocenters. The fraction of sp³-hybridized carbons (Fsp3) is 0.200. The van der Waals surface area contributed by atoms with Crippen LogP contribution >= 0.6 is 24.4 Å². The Morgan fingerprint density at radius 3 is 2.25 bits per heavy atom. The molecule has 1 heterocycles. The van der Waals surface area contributed by atoms with Gasteiger partial charge >= 0.3 is 0 Å². The van der Waals surface area contributed by atoms with Gasteiger partial charge in [0.25, 0.3) is 0 Å². The third kappa shape index (κ3) is 0.928. The Morgan fingerprint density at radius 1 is 1.50 bits per heavy atom. The van der Waals surface area contributed by atoms with E-state index in [1.165, 1.54) is 0 Å². The molecular weight excluding hydrogens is 140 g/mol. The molecule has 0 aromatic heterocycles. The average Bonchev–Trinajstić information content (AvgIpc) is 1.85. The Kier molecular flexibility index (Phi) is 1.40. The van der Waals surface area contributed by atoms with E-state index in [0.29, 0.717) is 16.5 Å². The van der Waals surface area contributed by atoms with E-state index in [1.807, 2.05) is 0 Å². The van der Waals surface area contributed by atoms with Crippen molar-refractivity contribution in [1.82, 2.24) is 0 Å². The smallest absolute Gasteiger partial charge is 0.194 e. The maximum absolute atomic E-state index is 4.84. The molecule has 1 nitrogen and oxygen atoms in total. The van der Waals surface area contributed by atoms with Crippen LogP contribution in [0.1, 0.15) is 6.42 Å². The molecule has 0 aromatic carbocycles. The second kappa shape index (κ2) is 1.91. The van der Waals surface area contributed by atoms with Crippen LogP contribution in [0.15, 0.2) is 12.2 Å². The minimum Gasteiger partial charge on any atom is -0.438 e. The monoisotopic (exact) mass is 144 g/mol. The Balaban J connectivity index is 2.79. The normalized spacial score (nSPS) is 19.2. The zero-order valence-electron chi connectivity index (χ0n) is 4.14. The third-order valence-electron chi connectivity index (χ3n) is 0.853. The van der Waals surface area contributed by atoms with E-state index in [1.54, 1.807) is 0 Å². The maximum Gasteiger partial charge on any atom is 0.194 e. The lowest BCUT2D eigenvalue weighted by Gasteiger charge is -1.87. The summed E-state index contributed by atoms with van der Waals surface area (Å²) in [6.45, 7) is 3.63. The molecule has 0 aliphatic carbocycles. The van der Waals surface area contributed by atoms with Gasteiger partial charge < -0.3 is 4.74 Å². The molecule has 8 heavy (non-hydrogen) atoms. The largest absolute Gasteiger partial charge is 0.438 e. The number of hydrogen-bond donors (Lipinski definition) is 0. The van der Waals surface area contributed by atoms with Crippen molar-refractivity contribution in [3.63, 3.8) is 0 Å². The molecule has 3 heteroatoms. The van der Waals surface area contributed by atoms with Crippen molar-refractivity contribution in [3.8, 4) is 0 Å². The lowest BCUT2D eigenvalue weighted by Crippen LogP contribution is -1.91. The third-order valence-corrected chi connectivity index (χ3v) is 1.45. The summed E-state index contributed by atoms with van der Waals surface area (Å²) in [5.41, 5.74) is 0.824. The van der Waals surface area contributed by atoms with Crippen LogP contribution in [0.4, 0.5) is 0 Å². The van der Waals surface area contributed by atoms with E-state index in [0.717, 1.165) is 5.57 Å². The second-order valence-corrected chi connectivity index (χ2v) is 2.37. The highest BCUT2D eigenvalue weighted by molar-refractivity contribution is 7.82. The van der Waals surface area contributed by atoms with Gasteiger partial charge in [-0.15, -0.1) is 0 Å². The van der Waals surface area contributed by atoms with Crippen molar-refractivity contribution in [2.45, 2.75) is 6.42 Å². The van der Waals surface area contributed by atoms with Crippen LogP contribution in [0, 0.1) is 0 Å². The van der Waals surface area contributed by atoms with Gasteiger partial charge in [-0.05, 0) is 24.4 Å². The fourth-order valence-corrected chi connectivity index (χ4v) is 0.941. The fourth-order valence-electron chi connectivity index (χ4n) is 0.458. The van der Waals surface area contributed by atoms with Crippen LogP contribution < -0.4 is 0 Å². The Labute approximate surface area is 58.3 Å². The van der Waals surface area contributed by atoms with Crippen LogP contribution in [0.3, 0.4) is 0 Å². The van der Waals surface area contributed by atoms with Gasteiger partial charge in [-0.2, -0.15) is 0 Å². The lowest BCUT2D eigenvalue weighted by atomic mass is 10.3. The quantitative estimate of drug-likeness (QED) is 0.377. The summed E-state index contributed by atoms with van der Waals surface area (Å²) < 4.78 is 4.84. The van der Waals surface area contributed by atoms with Crippen molar-refractivity contribution in [2.24, 2.45) is 0 Å². The van der Waals surface area contributed by atoms with E-state index >= 15 is 0 Å². The summed E-state index contributed by atoms with van der Waals surface area (Å²) in [7, 11) is 0. The average molecular weight is 144 g/mol. The van der Waals surface area contributed by atoms with Gasteiger partial charge in [0, 0.05) is 12.0 Å². The van der Waals surface area contributed by atoms with E-state index in [9.17, 15) is 0 Å². The van der Waals surface area contributed by atoms with Gasteiger partial charge in [-0.1, -0.05) is 6.58 Å². The molecule has 0 aromatic rings. The molecule has 0 N–H and O–H groups in total. The van der Waals surface area contributed by atoms with Crippen molar-refractivity contribution in [2.75, 3.05) is 0 Å². The summed E-state index contributed by atoms with van der Waals surface area (Å²) in [6, 6.07) is 0. The predicted octanol–water partition coefficient (Wildman–Crippen LogP) is 1.62. The minimum atomic E-state index is 0.454. The summed E-state index contributed by atoms with van der Waals surface area (Å²) >= 11 is 9.41. The molecule has 1 aliphatic heterocycles. The molecule has 1 aliphatic rings. The van der Waals surface area contributed by atoms with Gasteiger partial charge in [0.05, 0.1) is 0 Å². The highest BCUT2D eigenvalue weighted by Gasteiger charge is 2.16. The molecular formula is C5H4OS2. The van der Waals surface area contributed by atoms with Crippen LogP contribution in [-0.2, 0) is 4.74 Å². The molecule has 1 rings (SSSR count). The molecule has 0 saturated carbocycles. The maximum atomic E-state index is 4.84. The molecule has 1 fully saturated rings. The molecule has 42 valence electrons. The van der Waals surface area contributed by atoms with E-state index in [-0.39, 0.29) is 0 Å². The number of thiocarbonyl (C=S) groups is 2. The first kappa shape index (κ1) is 5.85. The zero-order valence-corrected chi connectivity index (χ0v) is 5.77. The summed E-state index contributed by atoms with van der Waals surface area (Å²) in [6.07, 6.45) is 0.633. The van der Waals surface area contributed by atoms with Crippen molar-refractivity contribution >= 4 is 34.5 Å². The van der Waals surface area contributed by atoms with Gasteiger partial charge in [-0.25, -0.2) is 0 Å². The van der Waals surface area contributed by atoms with Crippen LogP contribution in [0.5, 0.6) is 0 Å². The van der Waals surface area contributed by atoms with E-state index in [4.69, 9.17) is 29.2 Å². The molecule has 0 amide bonds. The molecule has 0 radical (unpaired) electrons. The van der Waals surface area contributed by atoms with Crippen molar-refractivity contribution in [3.05, 3.63) is 12.2 Å². The van der Waals surface area contributed by atoms with E-state index in [2.05, 4.69) is 6.58 Å². The van der Waals surface area contributed by atoms with Crippen molar-refractivity contribution in [1.29, 1.82) is 0 Å². The lowest BCUT2D eigenvalue weighted by molar-refractivity contribution is 0.589. The number of rotatable bonds is 0. The molecule has 0 spiro atoms. The minimum absolute atomic E-state index is 0.454. The molecule has 1 saturated heterocycles. The van der Waals surface area contributed by atoms with Gasteiger partial charge in [-0.3, -0.25) is 0 Å². The van der Waals surface area contributed by atoms with Gasteiger partial charge in [0.1, 0.15) is 0 Å². The highest BCUT2D eigenvalue weighted by atomic mass is 32.1. The summed E-state index contributed by atoms with van der Waals surface area (Å²) in [4.78, 5) is 0. The Morgan fingerprint density at radius 2 is 2.12 bits per heavy atom. The van der Waals surface area contributed by atoms with Crippen LogP contribution in [-0.4, -0.2) is 10.1 Å². The Bertz CT molecular complexity index is 153. The second-order valence-electron chi connectivity index (χ2n) is 1.54. The first-order valence-corrected chi connectivity index (χ1v) is 2.94. The molecule has 0 bridgehead atoms. The zero-order chi connectivity index (χ0) is 6.15. The summed E-state index contributed by atoms with van der Waals surface area (Å²) in [5, 5.41) is 0.995. The number of hydrogen-bond acceptors (Lipinski definition) is 3. The summed E-state index contributed by atoms with van der Waals surface area (Å²) in [5.74, 6) is 0. The van der Waals surface area contributed by atoms with Gasteiger partial charge in [0.2, 0.25) is 0 Å². The highest BCUT2D eigenvalue weighted by Crippen LogP contribution is 2.14. The number of ether oxygens (including phenoxy) is 1. The first-order valence-electron chi connectivity index (χ1n) is 2.13.